The Morgan fingerprint density at radius 3 is 2.59 bits per heavy atom. The fourth-order valence-corrected chi connectivity index (χ4v) is 2.33. The van der Waals surface area contributed by atoms with Crippen LogP contribution in [0.25, 0.3) is 0 Å². The third-order valence-corrected chi connectivity index (χ3v) is 3.32. The molecule has 0 saturated heterocycles. The first-order valence-electron chi connectivity index (χ1n) is 6.76. The van der Waals surface area contributed by atoms with Crippen LogP contribution in [0.4, 0.5) is 5.95 Å². The van der Waals surface area contributed by atoms with Crippen molar-refractivity contribution in [3.05, 3.63) is 39.6 Å². The summed E-state index contributed by atoms with van der Waals surface area (Å²) in [6.45, 7) is 6.12. The smallest absolute Gasteiger partial charge is 0.243 e. The van der Waals surface area contributed by atoms with Crippen LogP contribution in [-0.4, -0.2) is 27.9 Å². The van der Waals surface area contributed by atoms with Gasteiger partial charge in [-0.2, -0.15) is 5.10 Å². The fourth-order valence-electron chi connectivity index (χ4n) is 1.87. The van der Waals surface area contributed by atoms with Crippen LogP contribution in [0.2, 0.25) is 0 Å². The summed E-state index contributed by atoms with van der Waals surface area (Å²) in [7, 11) is 0. The maximum absolute atomic E-state index is 9.87. The van der Waals surface area contributed by atoms with Crippen LogP contribution in [0.5, 0.6) is 11.5 Å². The zero-order valence-corrected chi connectivity index (χ0v) is 14.2. The molecule has 0 saturated carbocycles. The van der Waals surface area contributed by atoms with E-state index in [-0.39, 0.29) is 5.75 Å². The number of phenols is 1. The van der Waals surface area contributed by atoms with Gasteiger partial charge in [0, 0.05) is 11.4 Å². The molecule has 0 bridgehead atoms. The Labute approximate surface area is 137 Å². The molecule has 0 radical (unpaired) electrons. The van der Waals surface area contributed by atoms with Crippen molar-refractivity contribution in [3.63, 3.8) is 0 Å². The van der Waals surface area contributed by atoms with Gasteiger partial charge in [-0.1, -0.05) is 0 Å². The van der Waals surface area contributed by atoms with Crippen LogP contribution in [0, 0.1) is 13.8 Å². The van der Waals surface area contributed by atoms with Gasteiger partial charge in [0.2, 0.25) is 5.95 Å². The molecule has 2 rings (SSSR count). The predicted molar refractivity (Wildman–Crippen MR) is 89.7 cm³/mol. The minimum absolute atomic E-state index is 0.0737. The molecule has 7 heteroatoms. The van der Waals surface area contributed by atoms with Gasteiger partial charge >= 0.3 is 0 Å². The molecule has 1 aromatic heterocycles. The zero-order chi connectivity index (χ0) is 16.1. The van der Waals surface area contributed by atoms with Gasteiger partial charge in [0.25, 0.3) is 0 Å². The number of hydrogen-bond acceptors (Lipinski definition) is 6. The first-order chi connectivity index (χ1) is 10.5. The number of hydrazone groups is 1. The number of rotatable bonds is 5. The highest BCUT2D eigenvalue weighted by molar-refractivity contribution is 9.10. The average Bonchev–Trinajstić information content (AvgIpc) is 2.43. The predicted octanol–water partition coefficient (Wildman–Crippen LogP) is 3.41. The third-order valence-electron chi connectivity index (χ3n) is 2.71. The van der Waals surface area contributed by atoms with Crippen molar-refractivity contribution in [2.75, 3.05) is 12.0 Å². The summed E-state index contributed by atoms with van der Waals surface area (Å²) in [5, 5.41) is 14.0. The molecule has 0 amide bonds. The number of hydrogen-bond donors (Lipinski definition) is 2. The van der Waals surface area contributed by atoms with Crippen molar-refractivity contribution < 1.29 is 9.84 Å². The van der Waals surface area contributed by atoms with Gasteiger partial charge in [-0.25, -0.2) is 15.4 Å². The van der Waals surface area contributed by atoms with Crippen LogP contribution in [0.1, 0.15) is 23.9 Å². The molecule has 0 fully saturated rings. The van der Waals surface area contributed by atoms with Gasteiger partial charge in [-0.05, 0) is 60.5 Å². The molecule has 0 atom stereocenters. The Kier molecular flexibility index (Phi) is 5.32. The van der Waals surface area contributed by atoms with E-state index in [1.54, 1.807) is 18.3 Å². The highest BCUT2D eigenvalue weighted by Crippen LogP contribution is 2.35. The summed E-state index contributed by atoms with van der Waals surface area (Å²) >= 11 is 3.29. The fraction of sp³-hybridized carbons (Fsp3) is 0.267. The normalized spacial score (nSPS) is 10.9. The Bertz CT molecular complexity index is 684. The molecule has 2 N–H and O–H groups in total. The highest BCUT2D eigenvalue weighted by atomic mass is 79.9. The molecule has 1 heterocycles. The van der Waals surface area contributed by atoms with E-state index in [1.807, 2.05) is 26.8 Å². The van der Waals surface area contributed by atoms with E-state index in [1.165, 1.54) is 0 Å². The summed E-state index contributed by atoms with van der Waals surface area (Å²) < 4.78 is 5.91. The quantitative estimate of drug-likeness (QED) is 0.627. The van der Waals surface area contributed by atoms with Crippen LogP contribution in [-0.2, 0) is 0 Å². The second-order valence-corrected chi connectivity index (χ2v) is 5.48. The first kappa shape index (κ1) is 16.2. The summed E-state index contributed by atoms with van der Waals surface area (Å²) in [5.41, 5.74) is 5.30. The van der Waals surface area contributed by atoms with Gasteiger partial charge < -0.3 is 9.84 Å². The number of benzene rings is 1. The zero-order valence-electron chi connectivity index (χ0n) is 12.6. The number of nitrogens with zero attached hydrogens (tertiary/aromatic N) is 3. The van der Waals surface area contributed by atoms with E-state index in [9.17, 15) is 5.11 Å². The van der Waals surface area contributed by atoms with E-state index < -0.39 is 0 Å². The summed E-state index contributed by atoms with van der Waals surface area (Å²) in [6, 6.07) is 5.34. The van der Waals surface area contributed by atoms with Crippen molar-refractivity contribution in [1.82, 2.24) is 9.97 Å². The van der Waals surface area contributed by atoms with Crippen molar-refractivity contribution in [1.29, 1.82) is 0 Å². The molecule has 6 nitrogen and oxygen atoms in total. The number of halogens is 1. The van der Waals surface area contributed by atoms with Gasteiger partial charge in [-0.3, -0.25) is 0 Å². The molecule has 2 aromatic rings. The number of nitrogens with one attached hydrogen (secondary N) is 1. The van der Waals surface area contributed by atoms with E-state index in [0.717, 1.165) is 17.0 Å². The Balaban J connectivity index is 2.16. The standard InChI is InChI=1S/C15H17BrN4O2/c1-4-22-13-7-11(6-12(16)14(13)21)8-17-20-15-18-9(2)5-10(3)19-15/h5-8,21H,4H2,1-3H3,(H,18,19,20)/b17-8+. The van der Waals surface area contributed by atoms with Gasteiger partial charge in [-0.15, -0.1) is 0 Å². The topological polar surface area (TPSA) is 79.6 Å². The lowest BCUT2D eigenvalue weighted by atomic mass is 10.2. The molecule has 0 aliphatic rings. The number of anilines is 1. The largest absolute Gasteiger partial charge is 0.503 e. The van der Waals surface area contributed by atoms with Crippen molar-refractivity contribution in [2.45, 2.75) is 20.8 Å². The summed E-state index contributed by atoms with van der Waals surface area (Å²) in [5.74, 6) is 0.919. The third kappa shape index (κ3) is 4.17. The first-order valence-corrected chi connectivity index (χ1v) is 7.55. The SMILES string of the molecule is CCOc1cc(/C=N/Nc2nc(C)cc(C)n2)cc(Br)c1O. The molecule has 0 aliphatic carbocycles. The van der Waals surface area contributed by atoms with Crippen molar-refractivity contribution in [2.24, 2.45) is 5.10 Å². The molecule has 0 aliphatic heterocycles. The van der Waals surface area contributed by atoms with Crippen LogP contribution in [0.15, 0.2) is 27.8 Å². The monoisotopic (exact) mass is 364 g/mol. The number of aromatic hydroxyl groups is 1. The van der Waals surface area contributed by atoms with Crippen molar-refractivity contribution in [3.8, 4) is 11.5 Å². The van der Waals surface area contributed by atoms with E-state index in [4.69, 9.17) is 4.74 Å². The van der Waals surface area contributed by atoms with Gasteiger partial charge in [0.15, 0.2) is 11.5 Å². The molecule has 1 aromatic carbocycles. The van der Waals surface area contributed by atoms with Crippen molar-refractivity contribution >= 4 is 28.1 Å². The maximum Gasteiger partial charge on any atom is 0.243 e. The maximum atomic E-state index is 9.87. The van der Waals surface area contributed by atoms with E-state index >= 15 is 0 Å². The van der Waals surface area contributed by atoms with Gasteiger partial charge in [0.1, 0.15) is 0 Å². The lowest BCUT2D eigenvalue weighted by Crippen LogP contribution is -2.00. The van der Waals surface area contributed by atoms with Crippen LogP contribution >= 0.6 is 15.9 Å². The van der Waals surface area contributed by atoms with E-state index in [2.05, 4.69) is 36.4 Å². The molecule has 0 spiro atoms. The summed E-state index contributed by atoms with van der Waals surface area (Å²) in [6.07, 6.45) is 1.60. The second-order valence-electron chi connectivity index (χ2n) is 4.63. The molecular weight excluding hydrogens is 348 g/mol. The molecular formula is C15H17BrN4O2. The van der Waals surface area contributed by atoms with Crippen LogP contribution < -0.4 is 10.2 Å². The van der Waals surface area contributed by atoms with E-state index in [0.29, 0.717) is 22.8 Å². The Morgan fingerprint density at radius 2 is 1.95 bits per heavy atom. The minimum Gasteiger partial charge on any atom is -0.503 e. The average molecular weight is 365 g/mol. The highest BCUT2D eigenvalue weighted by Gasteiger charge is 2.08. The minimum atomic E-state index is 0.0737. The Morgan fingerprint density at radius 1 is 1.27 bits per heavy atom. The molecule has 116 valence electrons. The molecule has 0 unspecified atom stereocenters. The lowest BCUT2D eigenvalue weighted by Gasteiger charge is -2.08. The lowest BCUT2D eigenvalue weighted by molar-refractivity contribution is 0.317. The Hall–Kier alpha value is -2.15. The number of ether oxygens (including phenoxy) is 1. The number of phenolic OH excluding ortho intramolecular Hbond substituents is 1. The molecule has 22 heavy (non-hydrogen) atoms. The van der Waals surface area contributed by atoms with Crippen LogP contribution in [0.3, 0.4) is 0 Å². The number of aromatic nitrogens is 2. The second kappa shape index (κ2) is 7.22. The van der Waals surface area contributed by atoms with Gasteiger partial charge in [0.05, 0.1) is 17.3 Å². The number of aryl methyl sites for hydroxylation is 2. The summed E-state index contributed by atoms with van der Waals surface area (Å²) in [4.78, 5) is 8.47.